The van der Waals surface area contributed by atoms with Crippen LogP contribution < -0.4 is 5.73 Å². The van der Waals surface area contributed by atoms with Gasteiger partial charge in [-0.2, -0.15) is 0 Å². The van der Waals surface area contributed by atoms with Gasteiger partial charge < -0.3 is 10.5 Å². The van der Waals surface area contributed by atoms with Crippen LogP contribution in [0.3, 0.4) is 0 Å². The Kier molecular flexibility index (Phi) is 4.15. The van der Waals surface area contributed by atoms with Crippen molar-refractivity contribution in [1.82, 2.24) is 0 Å². The van der Waals surface area contributed by atoms with Crippen LogP contribution in [0, 0.1) is 0 Å². The number of Topliss-reactive ketones (excluding diaryl/α,β-unsaturated/α-hetero) is 1. The molecule has 1 heterocycles. The SMILES string of the molecule is CCCc1ccc(C(=O)C2(N)CCOCC2)cc1. The van der Waals surface area contributed by atoms with Gasteiger partial charge in [0.15, 0.2) is 5.78 Å². The van der Waals surface area contributed by atoms with Crippen LogP contribution in [0.4, 0.5) is 0 Å². The van der Waals surface area contributed by atoms with Crippen molar-refractivity contribution in [3.8, 4) is 0 Å². The topological polar surface area (TPSA) is 52.3 Å². The Labute approximate surface area is 108 Å². The molecule has 1 aliphatic rings. The van der Waals surface area contributed by atoms with E-state index in [0.717, 1.165) is 18.4 Å². The van der Waals surface area contributed by atoms with Crippen molar-refractivity contribution in [2.75, 3.05) is 13.2 Å². The van der Waals surface area contributed by atoms with Crippen molar-refractivity contribution in [2.45, 2.75) is 38.1 Å². The van der Waals surface area contributed by atoms with E-state index in [1.54, 1.807) is 0 Å². The lowest BCUT2D eigenvalue weighted by Gasteiger charge is -2.31. The third-order valence-corrected chi connectivity index (χ3v) is 3.59. The van der Waals surface area contributed by atoms with Gasteiger partial charge >= 0.3 is 0 Å². The molecule has 3 heteroatoms. The molecule has 0 aliphatic carbocycles. The van der Waals surface area contributed by atoms with Crippen molar-refractivity contribution in [3.05, 3.63) is 35.4 Å². The maximum atomic E-state index is 12.4. The molecule has 2 N–H and O–H groups in total. The molecular formula is C15H21NO2. The van der Waals surface area contributed by atoms with Gasteiger partial charge in [-0.25, -0.2) is 0 Å². The van der Waals surface area contributed by atoms with Crippen molar-refractivity contribution in [2.24, 2.45) is 5.73 Å². The molecule has 0 amide bonds. The van der Waals surface area contributed by atoms with E-state index in [-0.39, 0.29) is 5.78 Å². The summed E-state index contributed by atoms with van der Waals surface area (Å²) >= 11 is 0. The molecule has 0 atom stereocenters. The summed E-state index contributed by atoms with van der Waals surface area (Å²) in [4.78, 5) is 12.4. The van der Waals surface area contributed by atoms with Crippen LogP contribution in [-0.4, -0.2) is 24.5 Å². The van der Waals surface area contributed by atoms with Crippen LogP contribution in [0.2, 0.25) is 0 Å². The van der Waals surface area contributed by atoms with Crippen LogP contribution in [0.5, 0.6) is 0 Å². The first-order valence-electron chi connectivity index (χ1n) is 6.66. The predicted molar refractivity (Wildman–Crippen MR) is 71.7 cm³/mol. The highest BCUT2D eigenvalue weighted by atomic mass is 16.5. The van der Waals surface area contributed by atoms with E-state index in [1.807, 2.05) is 24.3 Å². The Balaban J connectivity index is 2.12. The van der Waals surface area contributed by atoms with E-state index in [1.165, 1.54) is 5.56 Å². The van der Waals surface area contributed by atoms with Gasteiger partial charge in [-0.15, -0.1) is 0 Å². The van der Waals surface area contributed by atoms with E-state index < -0.39 is 5.54 Å². The minimum atomic E-state index is -0.732. The Hall–Kier alpha value is -1.19. The van der Waals surface area contributed by atoms with Crippen molar-refractivity contribution in [3.63, 3.8) is 0 Å². The quantitative estimate of drug-likeness (QED) is 0.831. The number of ether oxygens (including phenoxy) is 1. The summed E-state index contributed by atoms with van der Waals surface area (Å²) in [6, 6.07) is 7.85. The highest BCUT2D eigenvalue weighted by molar-refractivity contribution is 6.03. The molecule has 2 rings (SSSR count). The van der Waals surface area contributed by atoms with E-state index in [0.29, 0.717) is 26.1 Å². The Morgan fingerprint density at radius 3 is 2.44 bits per heavy atom. The van der Waals surface area contributed by atoms with Crippen LogP contribution in [0.15, 0.2) is 24.3 Å². The lowest BCUT2D eigenvalue weighted by atomic mass is 9.83. The first-order valence-corrected chi connectivity index (χ1v) is 6.66. The molecule has 1 aliphatic heterocycles. The fourth-order valence-corrected chi connectivity index (χ4v) is 2.36. The van der Waals surface area contributed by atoms with Gasteiger partial charge in [-0.3, -0.25) is 4.79 Å². The van der Waals surface area contributed by atoms with Crippen LogP contribution >= 0.6 is 0 Å². The normalized spacial score (nSPS) is 18.6. The minimum Gasteiger partial charge on any atom is -0.381 e. The largest absolute Gasteiger partial charge is 0.381 e. The smallest absolute Gasteiger partial charge is 0.182 e. The fraction of sp³-hybridized carbons (Fsp3) is 0.533. The maximum Gasteiger partial charge on any atom is 0.182 e. The number of rotatable bonds is 4. The lowest BCUT2D eigenvalue weighted by molar-refractivity contribution is 0.0448. The number of hydrogen-bond acceptors (Lipinski definition) is 3. The maximum absolute atomic E-state index is 12.4. The molecule has 3 nitrogen and oxygen atoms in total. The van der Waals surface area contributed by atoms with Gasteiger partial charge in [0.05, 0.1) is 5.54 Å². The first-order chi connectivity index (χ1) is 8.65. The van der Waals surface area contributed by atoms with E-state index in [9.17, 15) is 4.79 Å². The summed E-state index contributed by atoms with van der Waals surface area (Å²) in [6.45, 7) is 3.31. The zero-order chi connectivity index (χ0) is 13.0. The average Bonchev–Trinajstić information content (AvgIpc) is 2.40. The molecule has 18 heavy (non-hydrogen) atoms. The minimum absolute atomic E-state index is 0.0499. The van der Waals surface area contributed by atoms with Gasteiger partial charge in [0, 0.05) is 18.8 Å². The molecule has 0 radical (unpaired) electrons. The van der Waals surface area contributed by atoms with Gasteiger partial charge in [0.1, 0.15) is 0 Å². The summed E-state index contributed by atoms with van der Waals surface area (Å²) in [7, 11) is 0. The monoisotopic (exact) mass is 247 g/mol. The predicted octanol–water partition coefficient (Wildman–Crippen LogP) is 2.33. The first kappa shape index (κ1) is 13.2. The summed E-state index contributed by atoms with van der Waals surface area (Å²) in [5, 5.41) is 0. The van der Waals surface area contributed by atoms with Gasteiger partial charge in [0.25, 0.3) is 0 Å². The van der Waals surface area contributed by atoms with Crippen LogP contribution in [0.1, 0.15) is 42.1 Å². The van der Waals surface area contributed by atoms with Crippen LogP contribution in [-0.2, 0) is 11.2 Å². The molecule has 0 spiro atoms. The molecular weight excluding hydrogens is 226 g/mol. The standard InChI is InChI=1S/C15H21NO2/c1-2-3-12-4-6-13(7-5-12)14(17)15(16)8-10-18-11-9-15/h4-7H,2-3,8-11,16H2,1H3. The zero-order valence-electron chi connectivity index (χ0n) is 10.9. The van der Waals surface area contributed by atoms with Gasteiger partial charge in [-0.05, 0) is 24.8 Å². The van der Waals surface area contributed by atoms with E-state index >= 15 is 0 Å². The fourth-order valence-electron chi connectivity index (χ4n) is 2.36. The second-order valence-electron chi connectivity index (χ2n) is 5.04. The zero-order valence-corrected chi connectivity index (χ0v) is 10.9. The number of carbonyl (C=O) groups excluding carboxylic acids is 1. The third-order valence-electron chi connectivity index (χ3n) is 3.59. The average molecular weight is 247 g/mol. The second kappa shape index (κ2) is 5.63. The molecule has 1 aromatic carbocycles. The lowest BCUT2D eigenvalue weighted by Crippen LogP contribution is -2.51. The van der Waals surface area contributed by atoms with Crippen molar-refractivity contribution < 1.29 is 9.53 Å². The highest BCUT2D eigenvalue weighted by Crippen LogP contribution is 2.23. The van der Waals surface area contributed by atoms with E-state index in [4.69, 9.17) is 10.5 Å². The summed E-state index contributed by atoms with van der Waals surface area (Å²) in [5.41, 5.74) is 7.46. The molecule has 0 unspecified atom stereocenters. The van der Waals surface area contributed by atoms with Crippen molar-refractivity contribution in [1.29, 1.82) is 0 Å². The summed E-state index contributed by atoms with van der Waals surface area (Å²) in [6.07, 6.45) is 3.40. The Bertz CT molecular complexity index is 405. The third kappa shape index (κ3) is 2.79. The van der Waals surface area contributed by atoms with Gasteiger partial charge in [-0.1, -0.05) is 37.6 Å². The number of nitrogens with two attached hydrogens (primary N) is 1. The molecule has 1 saturated heterocycles. The number of hydrogen-bond donors (Lipinski definition) is 1. The van der Waals surface area contributed by atoms with Crippen LogP contribution in [0.25, 0.3) is 0 Å². The van der Waals surface area contributed by atoms with Crippen molar-refractivity contribution >= 4 is 5.78 Å². The number of carbonyl (C=O) groups is 1. The number of aryl methyl sites for hydroxylation is 1. The highest BCUT2D eigenvalue weighted by Gasteiger charge is 2.36. The molecule has 0 saturated carbocycles. The molecule has 0 bridgehead atoms. The van der Waals surface area contributed by atoms with E-state index in [2.05, 4.69) is 6.92 Å². The Morgan fingerprint density at radius 1 is 1.28 bits per heavy atom. The summed E-state index contributed by atoms with van der Waals surface area (Å²) in [5.74, 6) is 0.0499. The Morgan fingerprint density at radius 2 is 1.89 bits per heavy atom. The molecule has 1 fully saturated rings. The number of benzene rings is 1. The van der Waals surface area contributed by atoms with Gasteiger partial charge in [0.2, 0.25) is 0 Å². The number of ketones is 1. The second-order valence-corrected chi connectivity index (χ2v) is 5.04. The molecule has 0 aromatic heterocycles. The molecule has 1 aromatic rings. The summed E-state index contributed by atoms with van der Waals surface area (Å²) < 4.78 is 5.27. The molecule has 98 valence electrons.